The van der Waals surface area contributed by atoms with Crippen molar-refractivity contribution in [3.05, 3.63) is 42.9 Å². The Morgan fingerprint density at radius 3 is 2.77 bits per heavy atom. The second-order valence-electron chi connectivity index (χ2n) is 7.49. The minimum atomic E-state index is 0.381. The van der Waals surface area contributed by atoms with Crippen LogP contribution < -0.4 is 11.1 Å². The molecule has 9 heteroatoms. The predicted octanol–water partition coefficient (Wildman–Crippen LogP) is 3.17. The summed E-state index contributed by atoms with van der Waals surface area (Å²) in [5, 5.41) is 8.04. The van der Waals surface area contributed by atoms with Crippen LogP contribution in [-0.2, 0) is 6.42 Å². The van der Waals surface area contributed by atoms with E-state index in [0.29, 0.717) is 23.2 Å². The Morgan fingerprint density at radius 1 is 1.13 bits per heavy atom. The molecule has 5 rings (SSSR count). The molecule has 3 N–H and O–H groups in total. The average Bonchev–Trinajstić information content (AvgIpc) is 3.47. The van der Waals surface area contributed by atoms with Crippen LogP contribution in [0.1, 0.15) is 38.3 Å². The molecule has 0 bridgehead atoms. The van der Waals surface area contributed by atoms with E-state index in [2.05, 4.69) is 32.3 Å². The lowest BCUT2D eigenvalue weighted by Gasteiger charge is -2.17. The summed E-state index contributed by atoms with van der Waals surface area (Å²) >= 11 is 0. The number of nitrogens with one attached hydrogen (secondary N) is 1. The summed E-state index contributed by atoms with van der Waals surface area (Å²) in [6.45, 7) is 2.08. The third-order valence-electron chi connectivity index (χ3n) is 5.52. The van der Waals surface area contributed by atoms with Gasteiger partial charge in [-0.05, 0) is 19.3 Å². The van der Waals surface area contributed by atoms with Crippen molar-refractivity contribution in [3.63, 3.8) is 0 Å². The van der Waals surface area contributed by atoms with Crippen LogP contribution in [0.5, 0.6) is 0 Å². The molecule has 0 unspecified atom stereocenters. The van der Waals surface area contributed by atoms with Gasteiger partial charge in [-0.15, -0.1) is 0 Å². The van der Waals surface area contributed by atoms with Gasteiger partial charge in [-0.1, -0.05) is 19.8 Å². The lowest BCUT2D eigenvalue weighted by molar-refractivity contribution is 0.747. The van der Waals surface area contributed by atoms with Gasteiger partial charge in [-0.3, -0.25) is 0 Å². The first-order valence-corrected chi connectivity index (χ1v) is 10.3. The van der Waals surface area contributed by atoms with Gasteiger partial charge >= 0.3 is 0 Å². The van der Waals surface area contributed by atoms with E-state index in [4.69, 9.17) is 15.7 Å². The molecule has 4 aromatic heterocycles. The maximum absolute atomic E-state index is 6.16. The van der Waals surface area contributed by atoms with Crippen LogP contribution in [0.15, 0.2) is 37.2 Å². The van der Waals surface area contributed by atoms with Crippen LogP contribution in [0.2, 0.25) is 0 Å². The van der Waals surface area contributed by atoms with E-state index in [9.17, 15) is 0 Å². The second kappa shape index (κ2) is 7.66. The highest BCUT2D eigenvalue weighted by atomic mass is 15.3. The van der Waals surface area contributed by atoms with Crippen LogP contribution >= 0.6 is 0 Å². The quantitative estimate of drug-likeness (QED) is 0.523. The summed E-state index contributed by atoms with van der Waals surface area (Å²) in [6, 6.07) is 2.25. The summed E-state index contributed by atoms with van der Waals surface area (Å²) in [7, 11) is 0. The molecule has 1 saturated carbocycles. The Kier molecular flexibility index (Phi) is 4.70. The van der Waals surface area contributed by atoms with E-state index in [-0.39, 0.29) is 0 Å². The van der Waals surface area contributed by atoms with Crippen LogP contribution in [0.4, 0.5) is 11.6 Å². The number of aryl methyl sites for hydroxylation is 1. The molecule has 1 aliphatic carbocycles. The van der Waals surface area contributed by atoms with Gasteiger partial charge in [0, 0.05) is 41.8 Å². The van der Waals surface area contributed by atoms with Gasteiger partial charge in [0.1, 0.15) is 23.2 Å². The van der Waals surface area contributed by atoms with Gasteiger partial charge in [-0.25, -0.2) is 29.6 Å². The topological polar surface area (TPSA) is 120 Å². The standard InChI is InChI=1S/C21H23N9/c1-2-16-21(27-14-5-3-4-6-14)29-18-15(10-24-20(22)19(18)28-16)13-9-26-30(11-13)17-7-8-23-12-25-17/h7-12,14H,2-6H2,1H3,(H2,22,24)(H,27,29). The zero-order valence-electron chi connectivity index (χ0n) is 16.8. The molecule has 0 spiro atoms. The van der Waals surface area contributed by atoms with Crippen LogP contribution in [0.25, 0.3) is 28.0 Å². The molecule has 4 heterocycles. The van der Waals surface area contributed by atoms with E-state index in [0.717, 1.165) is 34.6 Å². The average molecular weight is 401 g/mol. The van der Waals surface area contributed by atoms with Gasteiger partial charge in [-0.2, -0.15) is 5.10 Å². The number of pyridine rings is 1. The lowest BCUT2D eigenvalue weighted by atomic mass is 10.1. The van der Waals surface area contributed by atoms with E-state index in [1.807, 2.05) is 6.20 Å². The Hall–Kier alpha value is -3.62. The first-order valence-electron chi connectivity index (χ1n) is 10.3. The van der Waals surface area contributed by atoms with Gasteiger partial charge in [0.2, 0.25) is 0 Å². The van der Waals surface area contributed by atoms with Gasteiger partial charge < -0.3 is 11.1 Å². The fraction of sp³-hybridized carbons (Fsp3) is 0.333. The van der Waals surface area contributed by atoms with Crippen LogP contribution in [0, 0.1) is 0 Å². The van der Waals surface area contributed by atoms with Crippen LogP contribution in [-0.4, -0.2) is 40.7 Å². The molecule has 0 atom stereocenters. The van der Waals surface area contributed by atoms with E-state index in [1.54, 1.807) is 29.3 Å². The summed E-state index contributed by atoms with van der Waals surface area (Å²) in [4.78, 5) is 22.4. The molecular weight excluding hydrogens is 378 g/mol. The molecule has 0 aliphatic heterocycles. The van der Waals surface area contributed by atoms with Crippen molar-refractivity contribution in [1.82, 2.24) is 34.7 Å². The van der Waals surface area contributed by atoms with E-state index < -0.39 is 0 Å². The smallest absolute Gasteiger partial charge is 0.156 e. The SMILES string of the molecule is CCc1nc2c(N)ncc(-c3cnn(-c4ccncn4)c3)c2nc1NC1CCCC1. The first-order chi connectivity index (χ1) is 14.7. The number of nitrogen functional groups attached to an aromatic ring is 1. The molecule has 1 aliphatic rings. The van der Waals surface area contributed by atoms with Crippen molar-refractivity contribution in [1.29, 1.82) is 0 Å². The highest BCUT2D eigenvalue weighted by molar-refractivity contribution is 5.96. The second-order valence-corrected chi connectivity index (χ2v) is 7.49. The minimum absolute atomic E-state index is 0.381. The lowest BCUT2D eigenvalue weighted by Crippen LogP contribution is -2.18. The number of anilines is 2. The fourth-order valence-electron chi connectivity index (χ4n) is 3.94. The largest absolute Gasteiger partial charge is 0.382 e. The summed E-state index contributed by atoms with van der Waals surface area (Å²) in [6.07, 6.45) is 14.2. The maximum Gasteiger partial charge on any atom is 0.156 e. The summed E-state index contributed by atoms with van der Waals surface area (Å²) in [5.41, 5.74) is 10.1. The zero-order valence-corrected chi connectivity index (χ0v) is 16.8. The molecule has 30 heavy (non-hydrogen) atoms. The van der Waals surface area contributed by atoms with Crippen molar-refractivity contribution >= 4 is 22.7 Å². The highest BCUT2D eigenvalue weighted by Gasteiger charge is 2.20. The number of nitrogens with zero attached hydrogens (tertiary/aromatic N) is 7. The number of fused-ring (bicyclic) bond motifs is 1. The number of hydrogen-bond donors (Lipinski definition) is 2. The molecule has 4 aromatic rings. The Bertz CT molecular complexity index is 1180. The Labute approximate surface area is 173 Å². The van der Waals surface area contributed by atoms with E-state index in [1.165, 1.54) is 32.0 Å². The zero-order chi connectivity index (χ0) is 20.5. The van der Waals surface area contributed by atoms with Crippen LogP contribution in [0.3, 0.4) is 0 Å². The Balaban J connectivity index is 1.61. The predicted molar refractivity (Wildman–Crippen MR) is 115 cm³/mol. The monoisotopic (exact) mass is 401 g/mol. The van der Waals surface area contributed by atoms with Crippen molar-refractivity contribution in [2.45, 2.75) is 45.1 Å². The first kappa shape index (κ1) is 18.4. The van der Waals surface area contributed by atoms with Gasteiger partial charge in [0.05, 0.1) is 11.9 Å². The molecule has 0 saturated heterocycles. The highest BCUT2D eigenvalue weighted by Crippen LogP contribution is 2.31. The molecule has 1 fully saturated rings. The van der Waals surface area contributed by atoms with Crippen molar-refractivity contribution in [3.8, 4) is 16.9 Å². The number of rotatable bonds is 5. The van der Waals surface area contributed by atoms with Gasteiger partial charge in [0.15, 0.2) is 11.6 Å². The molecule has 152 valence electrons. The van der Waals surface area contributed by atoms with E-state index >= 15 is 0 Å². The molecule has 0 radical (unpaired) electrons. The molecule has 9 nitrogen and oxygen atoms in total. The molecule has 0 amide bonds. The number of nitrogens with two attached hydrogens (primary N) is 1. The maximum atomic E-state index is 6.16. The van der Waals surface area contributed by atoms with Gasteiger partial charge in [0.25, 0.3) is 0 Å². The normalized spacial score (nSPS) is 14.4. The summed E-state index contributed by atoms with van der Waals surface area (Å²) < 4.78 is 1.70. The third-order valence-corrected chi connectivity index (χ3v) is 5.52. The third kappa shape index (κ3) is 3.32. The number of aromatic nitrogens is 7. The minimum Gasteiger partial charge on any atom is -0.382 e. The Morgan fingerprint density at radius 2 is 2.00 bits per heavy atom. The molecule has 0 aromatic carbocycles. The summed E-state index contributed by atoms with van der Waals surface area (Å²) in [5.74, 6) is 1.91. The van der Waals surface area contributed by atoms with Crippen molar-refractivity contribution in [2.75, 3.05) is 11.1 Å². The fourth-order valence-corrected chi connectivity index (χ4v) is 3.94. The van der Waals surface area contributed by atoms with Crippen molar-refractivity contribution < 1.29 is 0 Å². The molecular formula is C21H23N9. The van der Waals surface area contributed by atoms with Crippen molar-refractivity contribution in [2.24, 2.45) is 0 Å². The number of hydrogen-bond acceptors (Lipinski definition) is 8.